The predicted molar refractivity (Wildman–Crippen MR) is 76.6 cm³/mol. The molecule has 0 N–H and O–H groups in total. The third-order valence-corrected chi connectivity index (χ3v) is 3.53. The molecule has 0 atom stereocenters. The fourth-order valence-corrected chi connectivity index (χ4v) is 2.26. The van der Waals surface area contributed by atoms with E-state index < -0.39 is 0 Å². The second-order valence-corrected chi connectivity index (χ2v) is 5.14. The van der Waals surface area contributed by atoms with E-state index in [0.717, 1.165) is 4.47 Å². The number of hydrogen-bond donors (Lipinski definition) is 0. The average Bonchev–Trinajstić information content (AvgIpc) is 2.90. The minimum Gasteiger partial charge on any atom is -0.335 e. The summed E-state index contributed by atoms with van der Waals surface area (Å²) in [6, 6.07) is 7.14. The zero-order chi connectivity index (χ0) is 14.1. The standard InChI is InChI=1S/C14H10BrN3O2/c1-2-10-11-12(16-7-17-14(11)20-18-10)13(19)8-3-5-9(15)6-4-8/h3-7H,2H2,1H3. The van der Waals surface area contributed by atoms with Crippen molar-refractivity contribution < 1.29 is 9.32 Å². The Morgan fingerprint density at radius 3 is 2.70 bits per heavy atom. The Bertz CT molecular complexity index is 781. The van der Waals surface area contributed by atoms with E-state index in [9.17, 15) is 4.79 Å². The van der Waals surface area contributed by atoms with E-state index in [0.29, 0.717) is 34.5 Å². The van der Waals surface area contributed by atoms with Gasteiger partial charge in [-0.25, -0.2) is 4.98 Å². The molecule has 0 fully saturated rings. The van der Waals surface area contributed by atoms with Gasteiger partial charge in [0.25, 0.3) is 5.71 Å². The lowest BCUT2D eigenvalue weighted by Crippen LogP contribution is -2.06. The van der Waals surface area contributed by atoms with Crippen molar-refractivity contribution in [2.45, 2.75) is 13.3 Å². The van der Waals surface area contributed by atoms with Crippen LogP contribution in [0.4, 0.5) is 0 Å². The molecule has 100 valence electrons. The van der Waals surface area contributed by atoms with Gasteiger partial charge in [0.1, 0.15) is 12.0 Å². The maximum absolute atomic E-state index is 12.6. The first-order valence-electron chi connectivity index (χ1n) is 6.10. The maximum atomic E-state index is 12.6. The Balaban J connectivity index is 2.16. The Hall–Kier alpha value is -2.08. The molecule has 5 nitrogen and oxygen atoms in total. The first-order valence-corrected chi connectivity index (χ1v) is 6.89. The number of ketones is 1. The van der Waals surface area contributed by atoms with Crippen LogP contribution in [-0.4, -0.2) is 20.9 Å². The van der Waals surface area contributed by atoms with Crippen LogP contribution in [0.5, 0.6) is 0 Å². The van der Waals surface area contributed by atoms with Gasteiger partial charge in [0.15, 0.2) is 0 Å². The SMILES string of the molecule is CCc1noc2ncnc(C(=O)c3ccc(Br)cc3)c12. The van der Waals surface area contributed by atoms with Crippen molar-refractivity contribution in [1.82, 2.24) is 15.1 Å². The second-order valence-electron chi connectivity index (χ2n) is 4.22. The highest BCUT2D eigenvalue weighted by Gasteiger charge is 2.20. The Kier molecular flexibility index (Phi) is 3.31. The highest BCUT2D eigenvalue weighted by Crippen LogP contribution is 2.22. The topological polar surface area (TPSA) is 68.9 Å². The summed E-state index contributed by atoms with van der Waals surface area (Å²) in [4.78, 5) is 20.7. The lowest BCUT2D eigenvalue weighted by atomic mass is 10.0. The van der Waals surface area contributed by atoms with Crippen LogP contribution in [0.1, 0.15) is 28.7 Å². The summed E-state index contributed by atoms with van der Waals surface area (Å²) in [7, 11) is 0. The van der Waals surface area contributed by atoms with Crippen molar-refractivity contribution in [2.75, 3.05) is 0 Å². The van der Waals surface area contributed by atoms with Crippen LogP contribution in [0, 0.1) is 0 Å². The van der Waals surface area contributed by atoms with Crippen LogP contribution in [0.25, 0.3) is 11.1 Å². The lowest BCUT2D eigenvalue weighted by molar-refractivity contribution is 0.103. The number of hydrogen-bond acceptors (Lipinski definition) is 5. The van der Waals surface area contributed by atoms with Gasteiger partial charge in [0.05, 0.1) is 11.1 Å². The number of aryl methyl sites for hydroxylation is 1. The van der Waals surface area contributed by atoms with Crippen LogP contribution in [0.3, 0.4) is 0 Å². The van der Waals surface area contributed by atoms with Gasteiger partial charge in [-0.15, -0.1) is 0 Å². The van der Waals surface area contributed by atoms with Crippen molar-refractivity contribution >= 4 is 32.8 Å². The number of benzene rings is 1. The van der Waals surface area contributed by atoms with Gasteiger partial charge >= 0.3 is 0 Å². The van der Waals surface area contributed by atoms with Crippen LogP contribution in [0.15, 0.2) is 39.6 Å². The van der Waals surface area contributed by atoms with Crippen LogP contribution in [0.2, 0.25) is 0 Å². The Morgan fingerprint density at radius 2 is 2.00 bits per heavy atom. The molecule has 0 spiro atoms. The van der Waals surface area contributed by atoms with Gasteiger partial charge in [-0.05, 0) is 30.7 Å². The zero-order valence-electron chi connectivity index (χ0n) is 10.6. The van der Waals surface area contributed by atoms with Crippen molar-refractivity contribution in [3.05, 3.63) is 52.0 Å². The van der Waals surface area contributed by atoms with E-state index in [4.69, 9.17) is 4.52 Å². The highest BCUT2D eigenvalue weighted by molar-refractivity contribution is 9.10. The second kappa shape index (κ2) is 5.13. The van der Waals surface area contributed by atoms with Crippen LogP contribution < -0.4 is 0 Å². The zero-order valence-corrected chi connectivity index (χ0v) is 12.2. The van der Waals surface area contributed by atoms with Gasteiger partial charge in [-0.1, -0.05) is 28.0 Å². The number of nitrogens with zero attached hydrogens (tertiary/aromatic N) is 3. The lowest BCUT2D eigenvalue weighted by Gasteiger charge is -2.02. The fourth-order valence-electron chi connectivity index (χ4n) is 1.99. The molecule has 0 aliphatic rings. The summed E-state index contributed by atoms with van der Waals surface area (Å²) in [6.07, 6.45) is 1.97. The number of rotatable bonds is 3. The molecule has 0 radical (unpaired) electrons. The number of carbonyl (C=O) groups is 1. The molecular formula is C14H10BrN3O2. The van der Waals surface area contributed by atoms with Gasteiger partial charge in [-0.2, -0.15) is 4.98 Å². The van der Waals surface area contributed by atoms with E-state index >= 15 is 0 Å². The molecule has 3 rings (SSSR count). The van der Waals surface area contributed by atoms with Crippen molar-refractivity contribution in [1.29, 1.82) is 0 Å². The largest absolute Gasteiger partial charge is 0.335 e. The molecule has 3 aromatic rings. The van der Waals surface area contributed by atoms with Crippen LogP contribution >= 0.6 is 15.9 Å². The van der Waals surface area contributed by atoms with E-state index in [1.807, 2.05) is 19.1 Å². The Morgan fingerprint density at radius 1 is 1.25 bits per heavy atom. The molecule has 2 aromatic heterocycles. The minimum atomic E-state index is -0.164. The van der Waals surface area contributed by atoms with Crippen molar-refractivity contribution in [2.24, 2.45) is 0 Å². The van der Waals surface area contributed by atoms with Crippen molar-refractivity contribution in [3.63, 3.8) is 0 Å². The molecule has 0 saturated carbocycles. The quantitative estimate of drug-likeness (QED) is 0.689. The molecular weight excluding hydrogens is 322 g/mol. The molecule has 1 aromatic carbocycles. The summed E-state index contributed by atoms with van der Waals surface area (Å²) in [5.41, 5.74) is 1.94. The van der Waals surface area contributed by atoms with E-state index in [1.165, 1.54) is 6.33 Å². The summed E-state index contributed by atoms with van der Waals surface area (Å²) < 4.78 is 6.04. The molecule has 0 unspecified atom stereocenters. The fraction of sp³-hybridized carbons (Fsp3) is 0.143. The molecule has 0 bridgehead atoms. The molecule has 0 aliphatic heterocycles. The molecule has 6 heteroatoms. The smallest absolute Gasteiger partial charge is 0.261 e. The molecule has 0 amide bonds. The van der Waals surface area contributed by atoms with Gasteiger partial charge in [0.2, 0.25) is 5.78 Å². The first-order chi connectivity index (χ1) is 9.70. The van der Waals surface area contributed by atoms with Gasteiger partial charge in [-0.3, -0.25) is 4.79 Å². The number of halogens is 1. The number of carbonyl (C=O) groups excluding carboxylic acids is 1. The maximum Gasteiger partial charge on any atom is 0.261 e. The first kappa shape index (κ1) is 12.9. The van der Waals surface area contributed by atoms with Crippen molar-refractivity contribution in [3.8, 4) is 0 Å². The van der Waals surface area contributed by atoms with E-state index in [1.54, 1.807) is 12.1 Å². The third-order valence-electron chi connectivity index (χ3n) is 3.00. The summed E-state index contributed by atoms with van der Waals surface area (Å²) in [6.45, 7) is 1.94. The van der Waals surface area contributed by atoms with Gasteiger partial charge < -0.3 is 4.52 Å². The third kappa shape index (κ3) is 2.12. The summed E-state index contributed by atoms with van der Waals surface area (Å²) in [5, 5.41) is 4.53. The number of aromatic nitrogens is 3. The number of fused-ring (bicyclic) bond motifs is 1. The van der Waals surface area contributed by atoms with Gasteiger partial charge in [0, 0.05) is 10.0 Å². The van der Waals surface area contributed by atoms with Crippen LogP contribution in [-0.2, 0) is 6.42 Å². The molecule has 0 aliphatic carbocycles. The van der Waals surface area contributed by atoms with E-state index in [2.05, 4.69) is 31.1 Å². The predicted octanol–water partition coefficient (Wildman–Crippen LogP) is 3.17. The minimum absolute atomic E-state index is 0.164. The molecule has 2 heterocycles. The summed E-state index contributed by atoms with van der Waals surface area (Å²) in [5.74, 6) is -0.164. The molecule has 20 heavy (non-hydrogen) atoms. The normalized spacial score (nSPS) is 10.9. The monoisotopic (exact) mass is 331 g/mol. The van der Waals surface area contributed by atoms with E-state index in [-0.39, 0.29) is 5.78 Å². The Labute approximate surface area is 123 Å². The summed E-state index contributed by atoms with van der Waals surface area (Å²) >= 11 is 3.35. The highest BCUT2D eigenvalue weighted by atomic mass is 79.9. The average molecular weight is 332 g/mol. The molecule has 0 saturated heterocycles.